The van der Waals surface area contributed by atoms with E-state index in [1.807, 2.05) is 97.4 Å². The molecule has 2 aromatic heterocycles. The van der Waals surface area contributed by atoms with Gasteiger partial charge in [-0.2, -0.15) is 0 Å². The highest BCUT2D eigenvalue weighted by Crippen LogP contribution is 2.23. The van der Waals surface area contributed by atoms with E-state index in [-0.39, 0.29) is 17.7 Å². The van der Waals surface area contributed by atoms with Gasteiger partial charge in [-0.05, 0) is 54.1 Å². The zero-order valence-electron chi connectivity index (χ0n) is 18.6. The summed E-state index contributed by atoms with van der Waals surface area (Å²) in [7, 11) is 0. The maximum atomic E-state index is 12.6. The summed E-state index contributed by atoms with van der Waals surface area (Å²) < 4.78 is 2.01. The Morgan fingerprint density at radius 2 is 1.85 bits per heavy atom. The van der Waals surface area contributed by atoms with Gasteiger partial charge in [-0.25, -0.2) is 4.98 Å². The van der Waals surface area contributed by atoms with Crippen molar-refractivity contribution in [2.75, 3.05) is 5.32 Å². The van der Waals surface area contributed by atoms with Gasteiger partial charge >= 0.3 is 0 Å². The number of anilines is 1. The van der Waals surface area contributed by atoms with E-state index < -0.39 is 0 Å². The summed E-state index contributed by atoms with van der Waals surface area (Å²) in [5.74, 6) is 0.504. The summed E-state index contributed by atoms with van der Waals surface area (Å²) in [4.78, 5) is 30.1. The van der Waals surface area contributed by atoms with Gasteiger partial charge < -0.3 is 15.0 Å². The Hall–Kier alpha value is -3.58. The first-order chi connectivity index (χ1) is 16.0. The molecule has 4 aromatic rings. The summed E-state index contributed by atoms with van der Waals surface area (Å²) >= 11 is 1.69. The first-order valence-electron chi connectivity index (χ1n) is 10.8. The Kier molecular flexibility index (Phi) is 7.10. The molecule has 0 saturated heterocycles. The molecule has 6 nitrogen and oxygen atoms in total. The van der Waals surface area contributed by atoms with Crippen molar-refractivity contribution < 1.29 is 9.59 Å². The van der Waals surface area contributed by atoms with Crippen molar-refractivity contribution in [3.63, 3.8) is 0 Å². The monoisotopic (exact) mass is 458 g/mol. The van der Waals surface area contributed by atoms with Crippen molar-refractivity contribution in [3.8, 4) is 0 Å². The predicted octanol–water partition coefficient (Wildman–Crippen LogP) is 5.15. The third-order valence-electron chi connectivity index (χ3n) is 5.09. The van der Waals surface area contributed by atoms with Crippen LogP contribution in [0.15, 0.2) is 84.0 Å². The molecule has 0 aliphatic carbocycles. The molecule has 0 spiro atoms. The molecule has 0 aliphatic heterocycles. The van der Waals surface area contributed by atoms with Crippen molar-refractivity contribution in [3.05, 3.63) is 95.9 Å². The number of nitrogens with zero attached hydrogens (tertiary/aromatic N) is 2. The number of aromatic nitrogens is 2. The molecule has 0 aliphatic rings. The number of hydrogen-bond donors (Lipinski definition) is 2. The fraction of sp³-hybridized carbons (Fsp3) is 0.192. The summed E-state index contributed by atoms with van der Waals surface area (Å²) in [6.07, 6.45) is 4.02. The third-order valence-corrected chi connectivity index (χ3v) is 6.13. The minimum absolute atomic E-state index is 0.0321. The quantitative estimate of drug-likeness (QED) is 0.358. The maximum absolute atomic E-state index is 12.6. The van der Waals surface area contributed by atoms with Gasteiger partial charge in [0.15, 0.2) is 0 Å². The minimum atomic E-state index is -0.136. The van der Waals surface area contributed by atoms with Crippen LogP contribution in [0.4, 0.5) is 5.69 Å². The Morgan fingerprint density at radius 1 is 1.03 bits per heavy atom. The number of nitrogens with one attached hydrogen (secondary N) is 2. The second kappa shape index (κ2) is 10.4. The van der Waals surface area contributed by atoms with Gasteiger partial charge in [-0.3, -0.25) is 9.59 Å². The zero-order valence-corrected chi connectivity index (χ0v) is 19.4. The van der Waals surface area contributed by atoms with Crippen LogP contribution in [-0.4, -0.2) is 21.2 Å². The van der Waals surface area contributed by atoms with Crippen molar-refractivity contribution >= 4 is 34.9 Å². The van der Waals surface area contributed by atoms with Crippen LogP contribution in [-0.2, 0) is 17.1 Å². The van der Waals surface area contributed by atoms with Gasteiger partial charge in [0.1, 0.15) is 5.65 Å². The van der Waals surface area contributed by atoms with Gasteiger partial charge in [0.2, 0.25) is 5.91 Å². The fourth-order valence-electron chi connectivity index (χ4n) is 3.25. The van der Waals surface area contributed by atoms with Crippen LogP contribution in [0.25, 0.3) is 5.65 Å². The van der Waals surface area contributed by atoms with Crippen LogP contribution in [0.3, 0.4) is 0 Å². The topological polar surface area (TPSA) is 75.5 Å². The Morgan fingerprint density at radius 3 is 2.61 bits per heavy atom. The summed E-state index contributed by atoms with van der Waals surface area (Å²) in [6, 6.07) is 21.0. The first-order valence-corrected chi connectivity index (χ1v) is 11.8. The highest BCUT2D eigenvalue weighted by atomic mass is 32.2. The van der Waals surface area contributed by atoms with Gasteiger partial charge in [0.25, 0.3) is 5.91 Å². The number of thioether (sulfide) groups is 1. The SMILES string of the molecule is CC(C)C(=O)Nc1cccc(CNC(=O)c2ccc(SCc3cn4ccccc4n3)cc2)c1. The molecule has 0 fully saturated rings. The average Bonchev–Trinajstić information content (AvgIpc) is 3.25. The molecule has 0 bridgehead atoms. The van der Waals surface area contributed by atoms with E-state index in [9.17, 15) is 9.59 Å². The Balaban J connectivity index is 1.29. The lowest BCUT2D eigenvalue weighted by atomic mass is 10.1. The molecular formula is C26H26N4O2S. The lowest BCUT2D eigenvalue weighted by molar-refractivity contribution is -0.118. The highest BCUT2D eigenvalue weighted by molar-refractivity contribution is 7.98. The molecule has 168 valence electrons. The van der Waals surface area contributed by atoms with Crippen molar-refractivity contribution in [2.24, 2.45) is 5.92 Å². The molecule has 0 saturated carbocycles. The zero-order chi connectivity index (χ0) is 23.2. The largest absolute Gasteiger partial charge is 0.348 e. The predicted molar refractivity (Wildman–Crippen MR) is 132 cm³/mol. The Labute approximate surface area is 197 Å². The Bertz CT molecular complexity index is 1230. The summed E-state index contributed by atoms with van der Waals surface area (Å²) in [5, 5.41) is 5.82. The summed E-state index contributed by atoms with van der Waals surface area (Å²) in [6.45, 7) is 4.08. The molecule has 0 radical (unpaired) electrons. The van der Waals surface area contributed by atoms with Gasteiger partial charge in [0, 0.05) is 46.8 Å². The average molecular weight is 459 g/mol. The number of pyridine rings is 1. The van der Waals surface area contributed by atoms with Crippen LogP contribution in [0.2, 0.25) is 0 Å². The second-order valence-electron chi connectivity index (χ2n) is 8.04. The van der Waals surface area contributed by atoms with Gasteiger partial charge in [0.05, 0.1) is 5.69 Å². The number of carbonyl (C=O) groups excluding carboxylic acids is 2. The van der Waals surface area contributed by atoms with Gasteiger partial charge in [-0.15, -0.1) is 11.8 Å². The normalized spacial score (nSPS) is 11.0. The number of fused-ring (bicyclic) bond motifs is 1. The lowest BCUT2D eigenvalue weighted by Gasteiger charge is -2.10. The third kappa shape index (κ3) is 6.02. The molecule has 2 amide bonds. The van der Waals surface area contributed by atoms with Crippen LogP contribution >= 0.6 is 11.8 Å². The molecule has 2 aromatic carbocycles. The van der Waals surface area contributed by atoms with E-state index in [0.29, 0.717) is 12.1 Å². The first kappa shape index (κ1) is 22.6. The van der Waals surface area contributed by atoms with Crippen LogP contribution in [0, 0.1) is 5.92 Å². The maximum Gasteiger partial charge on any atom is 0.251 e. The summed E-state index contributed by atoms with van der Waals surface area (Å²) in [5.41, 5.74) is 4.21. The van der Waals surface area contributed by atoms with Crippen LogP contribution in [0.1, 0.15) is 35.5 Å². The van der Waals surface area contributed by atoms with E-state index in [0.717, 1.165) is 33.2 Å². The van der Waals surface area contributed by atoms with E-state index in [2.05, 4.69) is 15.6 Å². The molecule has 2 heterocycles. The van der Waals surface area contributed by atoms with Crippen molar-refractivity contribution in [1.82, 2.24) is 14.7 Å². The lowest BCUT2D eigenvalue weighted by Crippen LogP contribution is -2.23. The molecule has 33 heavy (non-hydrogen) atoms. The number of imidazole rings is 1. The molecule has 4 rings (SSSR count). The van der Waals surface area contributed by atoms with Gasteiger partial charge in [-0.1, -0.05) is 32.0 Å². The number of hydrogen-bond acceptors (Lipinski definition) is 4. The van der Waals surface area contributed by atoms with Crippen molar-refractivity contribution in [2.45, 2.75) is 31.0 Å². The van der Waals surface area contributed by atoms with E-state index in [1.54, 1.807) is 11.8 Å². The van der Waals surface area contributed by atoms with E-state index in [4.69, 9.17) is 0 Å². The number of rotatable bonds is 8. The fourth-order valence-corrected chi connectivity index (χ4v) is 4.03. The van der Waals surface area contributed by atoms with Crippen molar-refractivity contribution in [1.29, 1.82) is 0 Å². The van der Waals surface area contributed by atoms with Crippen LogP contribution in [0.5, 0.6) is 0 Å². The number of amides is 2. The number of carbonyl (C=O) groups is 2. The van der Waals surface area contributed by atoms with Crippen LogP contribution < -0.4 is 10.6 Å². The van der Waals surface area contributed by atoms with E-state index in [1.165, 1.54) is 0 Å². The molecular weight excluding hydrogens is 432 g/mol. The minimum Gasteiger partial charge on any atom is -0.348 e. The highest BCUT2D eigenvalue weighted by Gasteiger charge is 2.09. The number of benzene rings is 2. The standard InChI is InChI=1S/C26H26N4O2S/c1-18(2)25(31)29-21-7-5-6-19(14-21)15-27-26(32)20-9-11-23(12-10-20)33-17-22-16-30-13-4-3-8-24(30)28-22/h3-14,16,18H,15,17H2,1-2H3,(H,27,32)(H,29,31). The van der Waals surface area contributed by atoms with E-state index >= 15 is 0 Å². The molecule has 7 heteroatoms. The smallest absolute Gasteiger partial charge is 0.251 e. The molecule has 0 unspecified atom stereocenters. The molecule has 0 atom stereocenters. The second-order valence-corrected chi connectivity index (χ2v) is 9.09. The molecule has 2 N–H and O–H groups in total.